The highest BCUT2D eigenvalue weighted by Gasteiger charge is 2.55. The van der Waals surface area contributed by atoms with Crippen molar-refractivity contribution in [2.24, 2.45) is 35.0 Å². The van der Waals surface area contributed by atoms with Gasteiger partial charge in [0.05, 0.1) is 0 Å². The number of amides is 2. The molecule has 1 aliphatic heterocycles. The molecule has 5 fully saturated rings. The highest BCUT2D eigenvalue weighted by atomic mass is 16.2. The van der Waals surface area contributed by atoms with Gasteiger partial charge in [0.25, 0.3) is 0 Å². The third-order valence-electron chi connectivity index (χ3n) is 8.01. The molecule has 0 aromatic heterocycles. The summed E-state index contributed by atoms with van der Waals surface area (Å²) in [5.74, 6) is 3.16. The average molecular weight is 390 g/mol. The Labute approximate surface area is 170 Å². The molecule has 5 rings (SSSR count). The van der Waals surface area contributed by atoms with Crippen LogP contribution in [0.3, 0.4) is 0 Å². The second-order valence-electron chi connectivity index (χ2n) is 10.7. The van der Waals surface area contributed by atoms with Crippen molar-refractivity contribution in [2.75, 3.05) is 19.6 Å². The Bertz CT molecular complexity index is 547. The van der Waals surface area contributed by atoms with Crippen LogP contribution >= 0.6 is 0 Å². The SMILES string of the molecule is CC(C)C(NC(=O)C12CC3CC(CC(C3)C1)C2)C(=O)NCCC1CCCNC1. The summed E-state index contributed by atoms with van der Waals surface area (Å²) in [6.07, 6.45) is 10.6. The summed E-state index contributed by atoms with van der Waals surface area (Å²) >= 11 is 0. The minimum atomic E-state index is -0.412. The number of carbonyl (C=O) groups is 2. The average Bonchev–Trinajstić information content (AvgIpc) is 2.65. The summed E-state index contributed by atoms with van der Waals surface area (Å²) in [5, 5.41) is 9.74. The van der Waals surface area contributed by atoms with Crippen LogP contribution in [0, 0.1) is 35.0 Å². The van der Waals surface area contributed by atoms with Crippen molar-refractivity contribution in [3.8, 4) is 0 Å². The molecule has 5 aliphatic rings. The molecule has 0 aromatic carbocycles. The molecule has 4 bridgehead atoms. The Morgan fingerprint density at radius 3 is 2.25 bits per heavy atom. The third kappa shape index (κ3) is 4.24. The zero-order valence-electron chi connectivity index (χ0n) is 17.8. The molecule has 1 saturated heterocycles. The van der Waals surface area contributed by atoms with Crippen LogP contribution in [0.4, 0.5) is 0 Å². The first-order valence-electron chi connectivity index (χ1n) is 11.7. The normalized spacial score (nSPS) is 37.7. The molecule has 0 aromatic rings. The summed E-state index contributed by atoms with van der Waals surface area (Å²) in [6, 6.07) is -0.412. The predicted molar refractivity (Wildman–Crippen MR) is 111 cm³/mol. The van der Waals surface area contributed by atoms with E-state index in [2.05, 4.69) is 16.0 Å². The molecule has 5 nitrogen and oxygen atoms in total. The number of carbonyl (C=O) groups excluding carboxylic acids is 2. The Kier molecular flexibility index (Phi) is 6.01. The lowest BCUT2D eigenvalue weighted by molar-refractivity contribution is -0.149. The number of piperidine rings is 1. The number of rotatable bonds is 7. The summed E-state index contributed by atoms with van der Waals surface area (Å²) in [4.78, 5) is 26.2. The minimum absolute atomic E-state index is 0.00292. The van der Waals surface area contributed by atoms with E-state index in [9.17, 15) is 9.59 Å². The topological polar surface area (TPSA) is 70.2 Å². The zero-order valence-corrected chi connectivity index (χ0v) is 17.8. The van der Waals surface area contributed by atoms with Gasteiger partial charge in [-0.05, 0) is 100 Å². The second kappa shape index (κ2) is 8.33. The van der Waals surface area contributed by atoms with Gasteiger partial charge in [0.2, 0.25) is 11.8 Å². The van der Waals surface area contributed by atoms with Gasteiger partial charge < -0.3 is 16.0 Å². The van der Waals surface area contributed by atoms with Gasteiger partial charge in [-0.15, -0.1) is 0 Å². The van der Waals surface area contributed by atoms with E-state index in [-0.39, 0.29) is 23.1 Å². The van der Waals surface area contributed by atoms with E-state index in [1.54, 1.807) is 0 Å². The van der Waals surface area contributed by atoms with Crippen molar-refractivity contribution in [3.63, 3.8) is 0 Å². The van der Waals surface area contributed by atoms with Crippen LogP contribution in [0.1, 0.15) is 71.6 Å². The first kappa shape index (κ1) is 20.2. The van der Waals surface area contributed by atoms with Gasteiger partial charge in [0, 0.05) is 12.0 Å². The van der Waals surface area contributed by atoms with E-state index < -0.39 is 6.04 Å². The van der Waals surface area contributed by atoms with Crippen molar-refractivity contribution in [3.05, 3.63) is 0 Å². The molecule has 1 heterocycles. The monoisotopic (exact) mass is 389 g/mol. The van der Waals surface area contributed by atoms with Crippen molar-refractivity contribution in [2.45, 2.75) is 77.7 Å². The zero-order chi connectivity index (χ0) is 19.7. The molecule has 4 aliphatic carbocycles. The number of hydrogen-bond donors (Lipinski definition) is 3. The van der Waals surface area contributed by atoms with E-state index in [0.29, 0.717) is 12.5 Å². The highest BCUT2D eigenvalue weighted by Crippen LogP contribution is 2.60. The Morgan fingerprint density at radius 2 is 1.71 bits per heavy atom. The van der Waals surface area contributed by atoms with Crippen LogP contribution in [0.2, 0.25) is 0 Å². The molecule has 158 valence electrons. The maximum atomic E-state index is 13.3. The quantitative estimate of drug-likeness (QED) is 0.627. The van der Waals surface area contributed by atoms with E-state index in [4.69, 9.17) is 0 Å². The molecular formula is C23H39N3O2. The molecule has 4 saturated carbocycles. The molecule has 2 atom stereocenters. The maximum absolute atomic E-state index is 13.3. The van der Waals surface area contributed by atoms with E-state index in [1.807, 2.05) is 13.8 Å². The molecule has 2 unspecified atom stereocenters. The van der Waals surface area contributed by atoms with Crippen molar-refractivity contribution in [1.82, 2.24) is 16.0 Å². The van der Waals surface area contributed by atoms with Gasteiger partial charge >= 0.3 is 0 Å². The predicted octanol–water partition coefficient (Wildman–Crippen LogP) is 2.85. The Morgan fingerprint density at radius 1 is 1.07 bits per heavy atom. The Balaban J connectivity index is 1.31. The van der Waals surface area contributed by atoms with Crippen LogP contribution in [0.15, 0.2) is 0 Å². The molecule has 5 heteroatoms. The van der Waals surface area contributed by atoms with Crippen molar-refractivity contribution in [1.29, 1.82) is 0 Å². The molecule has 0 radical (unpaired) electrons. The highest BCUT2D eigenvalue weighted by molar-refractivity contribution is 5.90. The lowest BCUT2D eigenvalue weighted by atomic mass is 9.49. The molecule has 0 spiro atoms. The maximum Gasteiger partial charge on any atom is 0.242 e. The molecule has 3 N–H and O–H groups in total. The van der Waals surface area contributed by atoms with Crippen LogP contribution in [0.25, 0.3) is 0 Å². The standard InChI is InChI=1S/C23H39N3O2/c1-15(2)20(21(27)25-7-5-16-4-3-6-24-14-16)26-22(28)23-11-17-8-18(12-23)10-19(9-17)13-23/h15-20,24H,3-14H2,1-2H3,(H,25,27)(H,26,28). The minimum Gasteiger partial charge on any atom is -0.354 e. The van der Waals surface area contributed by atoms with E-state index in [1.165, 1.54) is 32.1 Å². The van der Waals surface area contributed by atoms with Crippen LogP contribution in [0.5, 0.6) is 0 Å². The lowest BCUT2D eigenvalue weighted by Crippen LogP contribution is -2.58. The smallest absolute Gasteiger partial charge is 0.242 e. The van der Waals surface area contributed by atoms with Gasteiger partial charge in [-0.25, -0.2) is 0 Å². The van der Waals surface area contributed by atoms with E-state index >= 15 is 0 Å². The molecular weight excluding hydrogens is 350 g/mol. The van der Waals surface area contributed by atoms with Gasteiger partial charge in [-0.3, -0.25) is 9.59 Å². The summed E-state index contributed by atoms with van der Waals surface area (Å²) < 4.78 is 0. The number of nitrogens with one attached hydrogen (secondary N) is 3. The van der Waals surface area contributed by atoms with Crippen LogP contribution in [-0.4, -0.2) is 37.5 Å². The van der Waals surface area contributed by atoms with Crippen LogP contribution in [-0.2, 0) is 9.59 Å². The third-order valence-corrected chi connectivity index (χ3v) is 8.01. The summed E-state index contributed by atoms with van der Waals surface area (Å²) in [6.45, 7) is 6.97. The molecule has 28 heavy (non-hydrogen) atoms. The lowest BCUT2D eigenvalue weighted by Gasteiger charge is -2.55. The fourth-order valence-corrected chi connectivity index (χ4v) is 6.90. The fraction of sp³-hybridized carbons (Fsp3) is 0.913. The van der Waals surface area contributed by atoms with Gasteiger partial charge in [-0.2, -0.15) is 0 Å². The largest absolute Gasteiger partial charge is 0.354 e. The first-order valence-corrected chi connectivity index (χ1v) is 11.7. The summed E-state index contributed by atoms with van der Waals surface area (Å²) in [7, 11) is 0. The van der Waals surface area contributed by atoms with E-state index in [0.717, 1.165) is 56.5 Å². The first-order chi connectivity index (χ1) is 13.4. The van der Waals surface area contributed by atoms with Crippen LogP contribution < -0.4 is 16.0 Å². The second-order valence-corrected chi connectivity index (χ2v) is 10.7. The number of hydrogen-bond acceptors (Lipinski definition) is 3. The van der Waals surface area contributed by atoms with Crippen molar-refractivity contribution >= 4 is 11.8 Å². The summed E-state index contributed by atoms with van der Waals surface area (Å²) in [5.41, 5.74) is -0.185. The van der Waals surface area contributed by atoms with Gasteiger partial charge in [0.15, 0.2) is 0 Å². The van der Waals surface area contributed by atoms with Crippen molar-refractivity contribution < 1.29 is 9.59 Å². The fourth-order valence-electron chi connectivity index (χ4n) is 6.90. The molecule has 2 amide bonds. The van der Waals surface area contributed by atoms with Gasteiger partial charge in [0.1, 0.15) is 6.04 Å². The Hall–Kier alpha value is -1.10. The van der Waals surface area contributed by atoms with Gasteiger partial charge in [-0.1, -0.05) is 13.8 Å².